The van der Waals surface area contributed by atoms with Crippen LogP contribution in [0.1, 0.15) is 0 Å². The molecule has 0 amide bonds. The molecule has 1 aromatic heterocycles. The lowest BCUT2D eigenvalue weighted by Crippen LogP contribution is -2.16. The lowest BCUT2D eigenvalue weighted by Gasteiger charge is -2.08. The van der Waals surface area contributed by atoms with Crippen LogP contribution in [0, 0.1) is 0 Å². The molecular formula is C10H6Cl3N3O3S. The van der Waals surface area contributed by atoms with Gasteiger partial charge in [-0.25, -0.2) is 14.5 Å². The number of aliphatic carboxylic acids is 1. The zero-order valence-electron chi connectivity index (χ0n) is 9.56. The Labute approximate surface area is 131 Å². The van der Waals surface area contributed by atoms with Crippen LogP contribution in [0.15, 0.2) is 22.1 Å². The fourth-order valence-electron chi connectivity index (χ4n) is 1.40. The van der Waals surface area contributed by atoms with E-state index < -0.39 is 11.7 Å². The predicted molar refractivity (Wildman–Crippen MR) is 77.6 cm³/mol. The Morgan fingerprint density at radius 3 is 2.60 bits per heavy atom. The number of hydrogen-bond donors (Lipinski definition) is 2. The van der Waals surface area contributed by atoms with Gasteiger partial charge in [0.1, 0.15) is 0 Å². The Morgan fingerprint density at radius 1 is 1.30 bits per heavy atom. The molecule has 10 heteroatoms. The second kappa shape index (κ2) is 6.09. The summed E-state index contributed by atoms with van der Waals surface area (Å²) in [6.07, 6.45) is 0. The van der Waals surface area contributed by atoms with Crippen LogP contribution in [-0.4, -0.2) is 31.6 Å². The second-order valence-electron chi connectivity index (χ2n) is 3.55. The van der Waals surface area contributed by atoms with Crippen LogP contribution in [0.4, 0.5) is 0 Å². The van der Waals surface area contributed by atoms with E-state index in [-0.39, 0.29) is 31.7 Å². The van der Waals surface area contributed by atoms with Gasteiger partial charge in [0, 0.05) is 0 Å². The minimum absolute atomic E-state index is 0.165. The number of carboxylic acids is 1. The van der Waals surface area contributed by atoms with Gasteiger partial charge in [-0.05, 0) is 12.1 Å². The number of rotatable bonds is 4. The fraction of sp³-hybridized carbons (Fsp3) is 0.100. The molecule has 0 aliphatic rings. The maximum absolute atomic E-state index is 11.8. The van der Waals surface area contributed by atoms with Crippen LogP contribution in [0.25, 0.3) is 5.69 Å². The highest BCUT2D eigenvalue weighted by molar-refractivity contribution is 7.99. The molecule has 0 saturated heterocycles. The average molecular weight is 355 g/mol. The molecule has 1 heterocycles. The molecular weight excluding hydrogens is 349 g/mol. The Hall–Kier alpha value is -1.15. The Morgan fingerprint density at radius 2 is 1.95 bits per heavy atom. The summed E-state index contributed by atoms with van der Waals surface area (Å²) in [4.78, 5) is 22.4. The fourth-order valence-corrected chi connectivity index (χ4v) is 2.70. The number of thioether (sulfide) groups is 1. The highest BCUT2D eigenvalue weighted by Gasteiger charge is 2.16. The number of H-pyrrole nitrogens is 1. The standard InChI is InChI=1S/C10H6Cl3N3O3S/c11-4-1-6(13)7(2-5(4)12)16-9(19)14-15-10(16)20-3-8(17)18/h1-2H,3H2,(H,14,19)(H,17,18). The third-order valence-electron chi connectivity index (χ3n) is 2.20. The van der Waals surface area contributed by atoms with Crippen LogP contribution in [0.3, 0.4) is 0 Å². The van der Waals surface area contributed by atoms with Crippen LogP contribution in [0.2, 0.25) is 15.1 Å². The first-order valence-corrected chi connectivity index (χ1v) is 7.19. The van der Waals surface area contributed by atoms with Crippen LogP contribution in [0.5, 0.6) is 0 Å². The zero-order chi connectivity index (χ0) is 14.9. The van der Waals surface area contributed by atoms with Gasteiger partial charge >= 0.3 is 11.7 Å². The lowest BCUT2D eigenvalue weighted by atomic mass is 10.3. The van der Waals surface area contributed by atoms with E-state index in [0.29, 0.717) is 0 Å². The minimum Gasteiger partial charge on any atom is -0.481 e. The predicted octanol–water partition coefficient (Wildman–Crippen LogP) is 2.70. The molecule has 0 bridgehead atoms. The number of aromatic nitrogens is 3. The van der Waals surface area contributed by atoms with E-state index in [9.17, 15) is 9.59 Å². The van der Waals surface area contributed by atoms with Crippen molar-refractivity contribution in [1.82, 2.24) is 14.8 Å². The van der Waals surface area contributed by atoms with E-state index in [1.807, 2.05) is 0 Å². The number of carbonyl (C=O) groups is 1. The molecule has 1 aromatic carbocycles. The lowest BCUT2D eigenvalue weighted by molar-refractivity contribution is -0.133. The summed E-state index contributed by atoms with van der Waals surface area (Å²) in [5.74, 6) is -1.28. The minimum atomic E-state index is -1.03. The van der Waals surface area contributed by atoms with Crippen LogP contribution in [-0.2, 0) is 4.79 Å². The highest BCUT2D eigenvalue weighted by atomic mass is 35.5. The summed E-state index contributed by atoms with van der Waals surface area (Å²) >= 11 is 18.6. The molecule has 2 aromatic rings. The van der Waals surface area contributed by atoms with E-state index in [1.165, 1.54) is 12.1 Å². The molecule has 106 valence electrons. The van der Waals surface area contributed by atoms with E-state index in [2.05, 4.69) is 10.2 Å². The molecule has 0 saturated carbocycles. The molecule has 0 unspecified atom stereocenters. The highest BCUT2D eigenvalue weighted by Crippen LogP contribution is 2.32. The monoisotopic (exact) mass is 353 g/mol. The summed E-state index contributed by atoms with van der Waals surface area (Å²) in [6.45, 7) is 0. The number of nitrogens with zero attached hydrogens (tertiary/aromatic N) is 2. The summed E-state index contributed by atoms with van der Waals surface area (Å²) < 4.78 is 1.14. The van der Waals surface area contributed by atoms with E-state index in [0.717, 1.165) is 16.3 Å². The molecule has 2 N–H and O–H groups in total. The van der Waals surface area contributed by atoms with Crippen molar-refractivity contribution < 1.29 is 9.90 Å². The number of benzene rings is 1. The first kappa shape index (κ1) is 15.2. The van der Waals surface area contributed by atoms with Gasteiger partial charge in [-0.1, -0.05) is 46.6 Å². The van der Waals surface area contributed by atoms with Gasteiger partial charge in [-0.15, -0.1) is 5.10 Å². The molecule has 0 aliphatic carbocycles. The van der Waals surface area contributed by atoms with Gasteiger partial charge in [0.25, 0.3) is 0 Å². The summed E-state index contributed by atoms with van der Waals surface area (Å²) in [6, 6.07) is 2.81. The number of carboxylic acid groups (broad SMARTS) is 1. The van der Waals surface area contributed by atoms with E-state index in [1.54, 1.807) is 0 Å². The second-order valence-corrected chi connectivity index (χ2v) is 5.71. The van der Waals surface area contributed by atoms with Gasteiger partial charge < -0.3 is 5.11 Å². The van der Waals surface area contributed by atoms with Gasteiger partial charge in [0.05, 0.1) is 26.5 Å². The molecule has 0 spiro atoms. The first-order valence-electron chi connectivity index (χ1n) is 5.07. The number of halogens is 3. The third kappa shape index (κ3) is 3.12. The molecule has 6 nitrogen and oxygen atoms in total. The quantitative estimate of drug-likeness (QED) is 0.651. The molecule has 20 heavy (non-hydrogen) atoms. The van der Waals surface area contributed by atoms with Crippen molar-refractivity contribution in [2.75, 3.05) is 5.75 Å². The first-order chi connectivity index (χ1) is 9.40. The normalized spacial score (nSPS) is 10.8. The van der Waals surface area contributed by atoms with Crippen molar-refractivity contribution in [3.8, 4) is 5.69 Å². The van der Waals surface area contributed by atoms with Crippen molar-refractivity contribution in [3.63, 3.8) is 0 Å². The molecule has 0 aliphatic heterocycles. The van der Waals surface area contributed by atoms with Gasteiger partial charge in [0.15, 0.2) is 5.16 Å². The van der Waals surface area contributed by atoms with Crippen molar-refractivity contribution >= 4 is 52.5 Å². The summed E-state index contributed by atoms with van der Waals surface area (Å²) in [5.41, 5.74) is -0.286. The maximum atomic E-state index is 11.8. The van der Waals surface area contributed by atoms with Gasteiger partial charge in [-0.3, -0.25) is 4.79 Å². The molecule has 0 atom stereocenters. The average Bonchev–Trinajstić information content (AvgIpc) is 2.73. The largest absolute Gasteiger partial charge is 0.481 e. The van der Waals surface area contributed by atoms with Gasteiger partial charge in [0.2, 0.25) is 0 Å². The third-order valence-corrected chi connectivity index (χ3v) is 4.15. The number of aromatic amines is 1. The topological polar surface area (TPSA) is 88.0 Å². The van der Waals surface area contributed by atoms with Crippen LogP contribution >= 0.6 is 46.6 Å². The number of hydrogen-bond acceptors (Lipinski definition) is 4. The van der Waals surface area contributed by atoms with E-state index >= 15 is 0 Å². The summed E-state index contributed by atoms with van der Waals surface area (Å²) in [7, 11) is 0. The molecule has 2 rings (SSSR count). The Kier molecular flexibility index (Phi) is 4.64. The zero-order valence-corrected chi connectivity index (χ0v) is 12.6. The Balaban J connectivity index is 2.52. The van der Waals surface area contributed by atoms with Crippen molar-refractivity contribution in [1.29, 1.82) is 0 Å². The number of nitrogens with one attached hydrogen (secondary N) is 1. The molecule has 0 fully saturated rings. The van der Waals surface area contributed by atoms with Crippen molar-refractivity contribution in [2.24, 2.45) is 0 Å². The molecule has 0 radical (unpaired) electrons. The SMILES string of the molecule is O=C(O)CSc1n[nH]c(=O)n1-c1cc(Cl)c(Cl)cc1Cl. The summed E-state index contributed by atoms with van der Waals surface area (Å²) in [5, 5.41) is 15.5. The maximum Gasteiger partial charge on any atom is 0.348 e. The van der Waals surface area contributed by atoms with Crippen molar-refractivity contribution in [2.45, 2.75) is 5.16 Å². The van der Waals surface area contributed by atoms with E-state index in [4.69, 9.17) is 39.9 Å². The van der Waals surface area contributed by atoms with Crippen LogP contribution < -0.4 is 5.69 Å². The van der Waals surface area contributed by atoms with Gasteiger partial charge in [-0.2, -0.15) is 0 Å². The Bertz CT molecular complexity index is 728. The van der Waals surface area contributed by atoms with Crippen molar-refractivity contribution in [3.05, 3.63) is 37.7 Å². The smallest absolute Gasteiger partial charge is 0.348 e.